The van der Waals surface area contributed by atoms with E-state index in [1.165, 1.54) is 0 Å². The number of hydrogen-bond acceptors (Lipinski definition) is 3. The number of ether oxygens (including phenoxy) is 1. The maximum atomic E-state index is 11.7. The summed E-state index contributed by atoms with van der Waals surface area (Å²) in [6, 6.07) is 5.70. The Morgan fingerprint density at radius 3 is 3.00 bits per heavy atom. The zero-order chi connectivity index (χ0) is 11.7. The average molecular weight is 330 g/mol. The summed E-state index contributed by atoms with van der Waals surface area (Å²) in [5.74, 6) is -0.0224. The van der Waals surface area contributed by atoms with E-state index in [9.17, 15) is 4.79 Å². The number of aromatic amines is 1. The largest absolute Gasteiger partial charge is 0.462 e. The topological polar surface area (TPSA) is 68.1 Å². The van der Waals surface area contributed by atoms with Gasteiger partial charge in [-0.05, 0) is 35.6 Å². The first-order valence-electron chi connectivity index (χ1n) is 4.88. The second-order valence-electron chi connectivity index (χ2n) is 3.30. The van der Waals surface area contributed by atoms with Crippen LogP contribution in [0.5, 0.6) is 0 Å². The van der Waals surface area contributed by atoms with Crippen molar-refractivity contribution in [2.75, 3.05) is 12.3 Å². The van der Waals surface area contributed by atoms with Crippen LogP contribution in [0.15, 0.2) is 18.2 Å². The molecule has 16 heavy (non-hydrogen) atoms. The number of anilines is 1. The zero-order valence-corrected chi connectivity index (χ0v) is 10.9. The highest BCUT2D eigenvalue weighted by atomic mass is 127. The number of hydrogen-bond donors (Lipinski definition) is 2. The molecule has 5 heteroatoms. The summed E-state index contributed by atoms with van der Waals surface area (Å²) < 4.78 is 6.00. The van der Waals surface area contributed by atoms with E-state index in [2.05, 4.69) is 27.6 Å². The maximum absolute atomic E-state index is 11.7. The lowest BCUT2D eigenvalue weighted by atomic mass is 10.1. The van der Waals surface area contributed by atoms with Gasteiger partial charge in [0.1, 0.15) is 11.4 Å². The Balaban J connectivity index is 2.65. The van der Waals surface area contributed by atoms with Crippen LogP contribution in [0.3, 0.4) is 0 Å². The molecule has 1 heterocycles. The van der Waals surface area contributed by atoms with E-state index >= 15 is 0 Å². The molecule has 2 aromatic rings. The summed E-state index contributed by atoms with van der Waals surface area (Å²) in [5.41, 5.74) is 7.10. The molecule has 0 radical (unpaired) electrons. The van der Waals surface area contributed by atoms with Gasteiger partial charge in [-0.25, -0.2) is 4.79 Å². The number of carbonyl (C=O) groups is 1. The van der Waals surface area contributed by atoms with Crippen molar-refractivity contribution < 1.29 is 9.53 Å². The third kappa shape index (κ3) is 1.75. The molecule has 0 atom stereocenters. The van der Waals surface area contributed by atoms with Gasteiger partial charge in [-0.15, -0.1) is 0 Å². The first-order valence-corrected chi connectivity index (χ1v) is 5.95. The minimum absolute atomic E-state index is 0.342. The molecule has 84 valence electrons. The highest BCUT2D eigenvalue weighted by Gasteiger charge is 2.18. The molecule has 0 saturated carbocycles. The number of H-pyrrole nitrogens is 1. The maximum Gasteiger partial charge on any atom is 0.342 e. The zero-order valence-electron chi connectivity index (χ0n) is 8.71. The highest BCUT2D eigenvalue weighted by molar-refractivity contribution is 14.1. The van der Waals surface area contributed by atoms with Gasteiger partial charge in [-0.2, -0.15) is 0 Å². The number of rotatable bonds is 2. The fourth-order valence-electron chi connectivity index (χ4n) is 1.62. The Labute approximate surface area is 106 Å². The van der Waals surface area contributed by atoms with Gasteiger partial charge in [0, 0.05) is 8.96 Å². The van der Waals surface area contributed by atoms with Crippen molar-refractivity contribution in [2.45, 2.75) is 6.92 Å². The van der Waals surface area contributed by atoms with Crippen molar-refractivity contribution in [3.63, 3.8) is 0 Å². The number of nitrogens with two attached hydrogens (primary N) is 1. The van der Waals surface area contributed by atoms with E-state index in [-0.39, 0.29) is 5.97 Å². The van der Waals surface area contributed by atoms with Gasteiger partial charge in [0.05, 0.1) is 12.1 Å². The second kappa shape index (κ2) is 4.32. The summed E-state index contributed by atoms with van der Waals surface area (Å²) >= 11 is 2.19. The number of nitrogen functional groups attached to an aromatic ring is 1. The van der Waals surface area contributed by atoms with Gasteiger partial charge in [0.2, 0.25) is 0 Å². The molecule has 3 N–H and O–H groups in total. The molecular formula is C11H11IN2O2. The molecule has 0 amide bonds. The fourth-order valence-corrected chi connectivity index (χ4v) is 2.26. The molecule has 0 spiro atoms. The number of carbonyl (C=O) groups excluding carboxylic acids is 1. The molecule has 0 aliphatic heterocycles. The minimum atomic E-state index is -0.381. The Hall–Kier alpha value is -1.24. The molecule has 2 rings (SSSR count). The van der Waals surface area contributed by atoms with Crippen LogP contribution in [0, 0.1) is 3.57 Å². The van der Waals surface area contributed by atoms with Crippen LogP contribution in [0.4, 0.5) is 5.82 Å². The van der Waals surface area contributed by atoms with E-state index in [4.69, 9.17) is 10.5 Å². The molecule has 0 bridgehead atoms. The Kier molecular flexibility index (Phi) is 3.04. The van der Waals surface area contributed by atoms with Crippen molar-refractivity contribution in [1.29, 1.82) is 0 Å². The minimum Gasteiger partial charge on any atom is -0.462 e. The van der Waals surface area contributed by atoms with Gasteiger partial charge >= 0.3 is 5.97 Å². The lowest BCUT2D eigenvalue weighted by Crippen LogP contribution is -2.06. The highest BCUT2D eigenvalue weighted by Crippen LogP contribution is 2.28. The van der Waals surface area contributed by atoms with Crippen LogP contribution in [0.1, 0.15) is 17.3 Å². The summed E-state index contributed by atoms with van der Waals surface area (Å²) in [6.45, 7) is 2.11. The molecule has 0 unspecified atom stereocenters. The van der Waals surface area contributed by atoms with Crippen LogP contribution >= 0.6 is 22.6 Å². The van der Waals surface area contributed by atoms with Crippen LogP contribution in [-0.2, 0) is 4.74 Å². The van der Waals surface area contributed by atoms with Crippen molar-refractivity contribution in [1.82, 2.24) is 4.98 Å². The number of nitrogens with one attached hydrogen (secondary N) is 1. The first-order chi connectivity index (χ1) is 7.65. The molecule has 0 fully saturated rings. The van der Waals surface area contributed by atoms with Crippen LogP contribution in [0.25, 0.3) is 10.9 Å². The lowest BCUT2D eigenvalue weighted by molar-refractivity contribution is 0.0530. The number of esters is 1. The van der Waals surface area contributed by atoms with E-state index < -0.39 is 0 Å². The summed E-state index contributed by atoms with van der Waals surface area (Å²) in [5, 5.41) is 0.808. The quantitative estimate of drug-likeness (QED) is 0.657. The van der Waals surface area contributed by atoms with Gasteiger partial charge in [-0.1, -0.05) is 12.1 Å². The SMILES string of the molecule is CCOC(=O)c1c(N)[nH]c2c(I)cccc12. The Morgan fingerprint density at radius 2 is 2.31 bits per heavy atom. The second-order valence-corrected chi connectivity index (χ2v) is 4.46. The van der Waals surface area contributed by atoms with Crippen molar-refractivity contribution >= 4 is 45.3 Å². The number of para-hydroxylation sites is 1. The number of fused-ring (bicyclic) bond motifs is 1. The molecule has 0 saturated heterocycles. The van der Waals surface area contributed by atoms with Crippen molar-refractivity contribution in [3.8, 4) is 0 Å². The molecule has 0 aliphatic rings. The van der Waals surface area contributed by atoms with Gasteiger partial charge in [0.25, 0.3) is 0 Å². The van der Waals surface area contributed by atoms with E-state index in [0.29, 0.717) is 18.0 Å². The predicted molar refractivity (Wildman–Crippen MR) is 71.4 cm³/mol. The third-order valence-corrected chi connectivity index (χ3v) is 3.19. The predicted octanol–water partition coefficient (Wildman–Crippen LogP) is 2.53. The summed E-state index contributed by atoms with van der Waals surface area (Å²) in [6.07, 6.45) is 0. The summed E-state index contributed by atoms with van der Waals surface area (Å²) in [4.78, 5) is 14.7. The molecular weight excluding hydrogens is 319 g/mol. The van der Waals surface area contributed by atoms with Gasteiger partial charge in [0.15, 0.2) is 0 Å². The lowest BCUT2D eigenvalue weighted by Gasteiger charge is -2.00. The van der Waals surface area contributed by atoms with Crippen molar-refractivity contribution in [3.05, 3.63) is 27.3 Å². The van der Waals surface area contributed by atoms with E-state index in [1.54, 1.807) is 6.92 Å². The number of aromatic nitrogens is 1. The van der Waals surface area contributed by atoms with Crippen LogP contribution < -0.4 is 5.73 Å². The van der Waals surface area contributed by atoms with E-state index in [0.717, 1.165) is 14.5 Å². The normalized spacial score (nSPS) is 10.6. The van der Waals surface area contributed by atoms with Crippen LogP contribution in [0.2, 0.25) is 0 Å². The smallest absolute Gasteiger partial charge is 0.342 e. The molecule has 0 aliphatic carbocycles. The van der Waals surface area contributed by atoms with Gasteiger partial charge in [-0.3, -0.25) is 0 Å². The monoisotopic (exact) mass is 330 g/mol. The van der Waals surface area contributed by atoms with Crippen LogP contribution in [-0.4, -0.2) is 17.6 Å². The third-order valence-electron chi connectivity index (χ3n) is 2.29. The number of benzene rings is 1. The summed E-state index contributed by atoms with van der Waals surface area (Å²) in [7, 11) is 0. The number of halogens is 1. The molecule has 1 aromatic carbocycles. The standard InChI is InChI=1S/C11H11IN2O2/c1-2-16-11(15)8-6-4-3-5-7(12)9(6)14-10(8)13/h3-5,14H,2,13H2,1H3. The molecule has 4 nitrogen and oxygen atoms in total. The Bertz CT molecular complexity index is 548. The van der Waals surface area contributed by atoms with Gasteiger partial charge < -0.3 is 15.5 Å². The van der Waals surface area contributed by atoms with E-state index in [1.807, 2.05) is 18.2 Å². The Morgan fingerprint density at radius 1 is 1.56 bits per heavy atom. The average Bonchev–Trinajstić information content (AvgIpc) is 2.56. The fraction of sp³-hybridized carbons (Fsp3) is 0.182. The van der Waals surface area contributed by atoms with Crippen molar-refractivity contribution in [2.24, 2.45) is 0 Å². The first kappa shape index (κ1) is 11.3. The molecule has 1 aromatic heterocycles.